The minimum Gasteiger partial charge on any atom is -0.478 e. The SMILES string of the molecule is O=C(O)C(=COCF)c1ccc([N+](=O)[O-])cc1. The molecule has 0 aliphatic carbocycles. The first kappa shape index (κ1) is 12.6. The van der Waals surface area contributed by atoms with Gasteiger partial charge in [0.25, 0.3) is 5.69 Å². The van der Waals surface area contributed by atoms with Crippen LogP contribution in [0.3, 0.4) is 0 Å². The van der Waals surface area contributed by atoms with E-state index in [2.05, 4.69) is 4.74 Å². The Morgan fingerprint density at radius 2 is 2.06 bits per heavy atom. The average Bonchev–Trinajstić information content (AvgIpc) is 2.29. The molecular formula is C10H8FNO5. The molecule has 0 spiro atoms. The summed E-state index contributed by atoms with van der Waals surface area (Å²) in [6.07, 6.45) is 0.753. The zero-order valence-corrected chi connectivity index (χ0v) is 8.50. The monoisotopic (exact) mass is 241 g/mol. The molecule has 0 radical (unpaired) electrons. The van der Waals surface area contributed by atoms with Gasteiger partial charge in [-0.2, -0.15) is 0 Å². The smallest absolute Gasteiger partial charge is 0.339 e. The maximum Gasteiger partial charge on any atom is 0.339 e. The van der Waals surface area contributed by atoms with Crippen molar-refractivity contribution in [2.45, 2.75) is 0 Å². The molecule has 0 heterocycles. The van der Waals surface area contributed by atoms with Crippen LogP contribution in [-0.4, -0.2) is 22.9 Å². The highest BCUT2D eigenvalue weighted by Gasteiger charge is 2.13. The molecule has 0 fully saturated rings. The number of hydrogen-bond acceptors (Lipinski definition) is 4. The number of nitrogens with zero attached hydrogens (tertiary/aromatic N) is 1. The van der Waals surface area contributed by atoms with Gasteiger partial charge in [-0.15, -0.1) is 0 Å². The highest BCUT2D eigenvalue weighted by Crippen LogP contribution is 2.19. The van der Waals surface area contributed by atoms with Gasteiger partial charge in [-0.25, -0.2) is 9.18 Å². The second kappa shape index (κ2) is 5.59. The Labute approximate surface area is 95.1 Å². The fourth-order valence-corrected chi connectivity index (χ4v) is 1.12. The lowest BCUT2D eigenvalue weighted by Gasteiger charge is -2.02. The number of ether oxygens (including phenoxy) is 1. The van der Waals surface area contributed by atoms with Crippen LogP contribution in [0, 0.1) is 10.1 Å². The van der Waals surface area contributed by atoms with Crippen LogP contribution in [0.4, 0.5) is 10.1 Å². The zero-order valence-electron chi connectivity index (χ0n) is 8.50. The van der Waals surface area contributed by atoms with E-state index in [-0.39, 0.29) is 16.8 Å². The maximum absolute atomic E-state index is 11.8. The number of rotatable bonds is 5. The van der Waals surface area contributed by atoms with E-state index in [0.29, 0.717) is 0 Å². The lowest BCUT2D eigenvalue weighted by Crippen LogP contribution is -2.01. The van der Waals surface area contributed by atoms with E-state index in [1.165, 1.54) is 12.1 Å². The van der Waals surface area contributed by atoms with Crippen molar-refractivity contribution >= 4 is 17.2 Å². The minimum atomic E-state index is -1.31. The zero-order chi connectivity index (χ0) is 12.8. The fourth-order valence-electron chi connectivity index (χ4n) is 1.12. The Morgan fingerprint density at radius 1 is 1.47 bits per heavy atom. The third kappa shape index (κ3) is 3.26. The third-order valence-electron chi connectivity index (χ3n) is 1.88. The van der Waals surface area contributed by atoms with E-state index in [4.69, 9.17) is 5.11 Å². The lowest BCUT2D eigenvalue weighted by molar-refractivity contribution is -0.384. The third-order valence-corrected chi connectivity index (χ3v) is 1.88. The largest absolute Gasteiger partial charge is 0.478 e. The van der Waals surface area contributed by atoms with Crippen LogP contribution in [0.15, 0.2) is 30.5 Å². The van der Waals surface area contributed by atoms with E-state index in [1.807, 2.05) is 0 Å². The van der Waals surface area contributed by atoms with Gasteiger partial charge in [-0.3, -0.25) is 10.1 Å². The summed E-state index contributed by atoms with van der Waals surface area (Å²) in [5, 5.41) is 19.2. The molecular weight excluding hydrogens is 233 g/mol. The maximum atomic E-state index is 11.8. The molecule has 0 aromatic heterocycles. The van der Waals surface area contributed by atoms with E-state index in [9.17, 15) is 19.3 Å². The summed E-state index contributed by atoms with van der Waals surface area (Å²) < 4.78 is 16.0. The minimum absolute atomic E-state index is 0.162. The molecule has 6 nitrogen and oxygen atoms in total. The molecule has 1 rings (SSSR count). The predicted molar refractivity (Wildman–Crippen MR) is 55.8 cm³/mol. The molecule has 0 unspecified atom stereocenters. The number of benzene rings is 1. The van der Waals surface area contributed by atoms with Crippen LogP contribution < -0.4 is 0 Å². The standard InChI is InChI=1S/C10H8FNO5/c11-6-17-5-9(10(13)14)7-1-3-8(4-2-7)12(15)16/h1-5H,6H2,(H,13,14). The highest BCUT2D eigenvalue weighted by atomic mass is 19.1. The number of carbonyl (C=O) groups is 1. The van der Waals surface area contributed by atoms with Crippen molar-refractivity contribution in [3.63, 3.8) is 0 Å². The Kier molecular flexibility index (Phi) is 4.15. The first-order chi connectivity index (χ1) is 8.06. The number of halogens is 1. The first-order valence-corrected chi connectivity index (χ1v) is 4.42. The second-order valence-electron chi connectivity index (χ2n) is 2.92. The van der Waals surface area contributed by atoms with Crippen molar-refractivity contribution in [3.05, 3.63) is 46.2 Å². The molecule has 7 heteroatoms. The predicted octanol–water partition coefficient (Wildman–Crippen LogP) is 1.96. The number of non-ortho nitro benzene ring substituents is 1. The molecule has 0 amide bonds. The number of alkyl halides is 1. The summed E-state index contributed by atoms with van der Waals surface area (Å²) >= 11 is 0. The quantitative estimate of drug-likeness (QED) is 0.368. The van der Waals surface area contributed by atoms with Crippen LogP contribution in [0.1, 0.15) is 5.56 Å². The molecule has 0 atom stereocenters. The number of hydrogen-bond donors (Lipinski definition) is 1. The van der Waals surface area contributed by atoms with Gasteiger partial charge in [0, 0.05) is 12.1 Å². The summed E-state index contributed by atoms with van der Waals surface area (Å²) in [6.45, 7) is -1.15. The molecule has 0 aliphatic heterocycles. The number of nitro benzene ring substituents is 1. The van der Waals surface area contributed by atoms with Crippen LogP contribution in [0.25, 0.3) is 5.57 Å². The number of aliphatic carboxylic acids is 1. The first-order valence-electron chi connectivity index (χ1n) is 4.42. The molecule has 0 saturated carbocycles. The summed E-state index contributed by atoms with van der Waals surface area (Å²) in [6, 6.07) is 4.81. The lowest BCUT2D eigenvalue weighted by atomic mass is 10.1. The van der Waals surface area contributed by atoms with Crippen LogP contribution in [0.2, 0.25) is 0 Å². The molecule has 1 aromatic carbocycles. The molecule has 0 saturated heterocycles. The highest BCUT2D eigenvalue weighted by molar-refractivity contribution is 6.15. The molecule has 90 valence electrons. The molecule has 0 bridgehead atoms. The van der Waals surface area contributed by atoms with Gasteiger partial charge in [0.2, 0.25) is 6.86 Å². The normalized spacial score (nSPS) is 11.0. The fraction of sp³-hybridized carbons (Fsp3) is 0.100. The van der Waals surface area contributed by atoms with Crippen molar-refractivity contribution < 1.29 is 24.0 Å². The summed E-state index contributed by atoms with van der Waals surface area (Å²) in [5.41, 5.74) is -0.251. The van der Waals surface area contributed by atoms with E-state index >= 15 is 0 Å². The Bertz CT molecular complexity index is 454. The van der Waals surface area contributed by atoms with Gasteiger partial charge in [-0.05, 0) is 17.7 Å². The molecule has 1 aromatic rings. The van der Waals surface area contributed by atoms with Crippen LogP contribution in [0.5, 0.6) is 0 Å². The van der Waals surface area contributed by atoms with Crippen LogP contribution in [-0.2, 0) is 9.53 Å². The number of carboxylic acid groups (broad SMARTS) is 1. The van der Waals surface area contributed by atoms with Crippen LogP contribution >= 0.6 is 0 Å². The van der Waals surface area contributed by atoms with Gasteiger partial charge in [0.1, 0.15) is 11.8 Å². The van der Waals surface area contributed by atoms with E-state index in [1.54, 1.807) is 0 Å². The average molecular weight is 241 g/mol. The number of carboxylic acids is 1. The summed E-state index contributed by atoms with van der Waals surface area (Å²) in [5.74, 6) is -1.31. The van der Waals surface area contributed by atoms with Gasteiger partial charge >= 0.3 is 5.97 Å². The van der Waals surface area contributed by atoms with Crippen molar-refractivity contribution in [2.75, 3.05) is 6.86 Å². The van der Waals surface area contributed by atoms with Crippen molar-refractivity contribution in [2.24, 2.45) is 0 Å². The summed E-state index contributed by atoms with van der Waals surface area (Å²) in [7, 11) is 0. The molecule has 0 aliphatic rings. The van der Waals surface area contributed by atoms with E-state index < -0.39 is 17.8 Å². The van der Waals surface area contributed by atoms with E-state index in [0.717, 1.165) is 18.4 Å². The van der Waals surface area contributed by atoms with Gasteiger partial charge in [0.05, 0.1) is 4.92 Å². The number of nitro groups is 1. The van der Waals surface area contributed by atoms with Crippen molar-refractivity contribution in [1.29, 1.82) is 0 Å². The Hall–Kier alpha value is -2.44. The Morgan fingerprint density at radius 3 is 2.47 bits per heavy atom. The topological polar surface area (TPSA) is 89.7 Å². The van der Waals surface area contributed by atoms with Gasteiger partial charge in [-0.1, -0.05) is 0 Å². The van der Waals surface area contributed by atoms with Gasteiger partial charge in [0.15, 0.2) is 0 Å². The van der Waals surface area contributed by atoms with Gasteiger partial charge < -0.3 is 9.84 Å². The van der Waals surface area contributed by atoms with Crippen molar-refractivity contribution in [3.8, 4) is 0 Å². The molecule has 1 N–H and O–H groups in total. The van der Waals surface area contributed by atoms with Crippen molar-refractivity contribution in [1.82, 2.24) is 0 Å². The summed E-state index contributed by atoms with van der Waals surface area (Å²) in [4.78, 5) is 20.6. The molecule has 17 heavy (non-hydrogen) atoms. The Balaban J connectivity index is 3.04. The second-order valence-corrected chi connectivity index (χ2v) is 2.92.